The van der Waals surface area contributed by atoms with Crippen molar-refractivity contribution in [3.8, 4) is 0 Å². The normalized spacial score (nSPS) is 24.3. The standard InChI is InChI=1S/C23H30N4O.C2HF3O2/c1-26-21(11-12-24-26)23(28)25-22-18-10-6-5-9-17(18)19-14-27(15-20(19)22)13-16-7-3-2-4-8-16;3-2(4,5)1(6)7/h5-6,9-12,16,19-20,22H,2-4,7-8,13-15H2,1H3,(H,25,28);(H,6,7)/t19-,20-,22+;/m0./s1. The third kappa shape index (κ3) is 5.69. The number of amides is 1. The highest BCUT2D eigenvalue weighted by Crippen LogP contribution is 2.49. The zero-order valence-electron chi connectivity index (χ0n) is 19.7. The van der Waals surface area contributed by atoms with E-state index < -0.39 is 12.1 Å². The van der Waals surface area contributed by atoms with Gasteiger partial charge in [0.05, 0.1) is 6.04 Å². The Morgan fingerprint density at radius 1 is 1.09 bits per heavy atom. The summed E-state index contributed by atoms with van der Waals surface area (Å²) in [4.78, 5) is 24.5. The van der Waals surface area contributed by atoms with Gasteiger partial charge in [0.15, 0.2) is 0 Å². The number of hydrogen-bond donors (Lipinski definition) is 2. The van der Waals surface area contributed by atoms with Gasteiger partial charge in [0, 0.05) is 44.7 Å². The highest BCUT2D eigenvalue weighted by Gasteiger charge is 2.47. The lowest BCUT2D eigenvalue weighted by molar-refractivity contribution is -0.192. The molecule has 1 saturated carbocycles. The van der Waals surface area contributed by atoms with Crippen LogP contribution in [0.1, 0.15) is 65.7 Å². The molecule has 0 spiro atoms. The number of hydrogen-bond acceptors (Lipinski definition) is 4. The fraction of sp³-hybridized carbons (Fsp3) is 0.560. The predicted octanol–water partition coefficient (Wildman–Crippen LogP) is 4.13. The summed E-state index contributed by atoms with van der Waals surface area (Å²) in [5.74, 6) is -0.904. The van der Waals surface area contributed by atoms with E-state index in [1.165, 1.54) is 49.8 Å². The molecule has 2 heterocycles. The van der Waals surface area contributed by atoms with E-state index in [4.69, 9.17) is 9.90 Å². The summed E-state index contributed by atoms with van der Waals surface area (Å²) in [6.45, 7) is 3.46. The third-order valence-electron chi connectivity index (χ3n) is 7.42. The fourth-order valence-electron chi connectivity index (χ4n) is 5.82. The molecule has 0 radical (unpaired) electrons. The summed E-state index contributed by atoms with van der Waals surface area (Å²) < 4.78 is 33.4. The number of carbonyl (C=O) groups is 2. The van der Waals surface area contributed by atoms with Crippen molar-refractivity contribution in [1.29, 1.82) is 0 Å². The van der Waals surface area contributed by atoms with Gasteiger partial charge in [-0.1, -0.05) is 43.5 Å². The lowest BCUT2D eigenvalue weighted by Gasteiger charge is -2.28. The first kappa shape index (κ1) is 25.2. The third-order valence-corrected chi connectivity index (χ3v) is 7.42. The summed E-state index contributed by atoms with van der Waals surface area (Å²) in [5.41, 5.74) is 3.37. The number of rotatable bonds is 4. The van der Waals surface area contributed by atoms with E-state index in [9.17, 15) is 18.0 Å². The molecular weight excluding hydrogens is 461 g/mol. The summed E-state index contributed by atoms with van der Waals surface area (Å²) >= 11 is 0. The Kier molecular flexibility index (Phi) is 7.49. The molecule has 10 heteroatoms. The van der Waals surface area contributed by atoms with Crippen molar-refractivity contribution in [1.82, 2.24) is 20.0 Å². The molecule has 2 N–H and O–H groups in total. The molecule has 2 fully saturated rings. The first-order valence-electron chi connectivity index (χ1n) is 12.0. The van der Waals surface area contributed by atoms with Gasteiger partial charge >= 0.3 is 12.1 Å². The number of aliphatic carboxylic acids is 1. The molecular formula is C25H31F3N4O3. The van der Waals surface area contributed by atoms with Crippen molar-refractivity contribution >= 4 is 11.9 Å². The molecule has 35 heavy (non-hydrogen) atoms. The van der Waals surface area contributed by atoms with Gasteiger partial charge in [0.25, 0.3) is 5.91 Å². The molecule has 1 aliphatic heterocycles. The molecule has 0 unspecified atom stereocenters. The molecule has 1 aromatic heterocycles. The van der Waals surface area contributed by atoms with Crippen molar-refractivity contribution < 1.29 is 27.9 Å². The second-order valence-corrected chi connectivity index (χ2v) is 9.72. The first-order valence-corrected chi connectivity index (χ1v) is 12.0. The average Bonchev–Trinajstić information content (AvgIpc) is 3.50. The largest absolute Gasteiger partial charge is 0.490 e. The quantitative estimate of drug-likeness (QED) is 0.670. The Balaban J connectivity index is 0.000000364. The van der Waals surface area contributed by atoms with Crippen molar-refractivity contribution in [2.75, 3.05) is 19.6 Å². The van der Waals surface area contributed by atoms with Gasteiger partial charge in [-0.05, 0) is 36.0 Å². The number of fused-ring (bicyclic) bond motifs is 3. The fourth-order valence-corrected chi connectivity index (χ4v) is 5.82. The second kappa shape index (κ2) is 10.4. The molecule has 3 aliphatic rings. The maximum atomic E-state index is 12.9. The highest BCUT2D eigenvalue weighted by atomic mass is 19.4. The van der Waals surface area contributed by atoms with Crippen LogP contribution >= 0.6 is 0 Å². The van der Waals surface area contributed by atoms with E-state index in [2.05, 4.69) is 39.6 Å². The maximum absolute atomic E-state index is 12.9. The second-order valence-electron chi connectivity index (χ2n) is 9.72. The first-order chi connectivity index (χ1) is 16.6. The van der Waals surface area contributed by atoms with Crippen LogP contribution in [0.4, 0.5) is 13.2 Å². The van der Waals surface area contributed by atoms with Crippen LogP contribution in [-0.2, 0) is 11.8 Å². The molecule has 2 aromatic rings. The SMILES string of the molecule is Cn1nccc1C(=O)N[C@@H]1c2ccccc2[C@@H]2CN(CC3CCCCC3)C[C@H]12.O=C(O)C(F)(F)F. The zero-order valence-corrected chi connectivity index (χ0v) is 19.7. The van der Waals surface area contributed by atoms with Crippen molar-refractivity contribution in [2.24, 2.45) is 18.9 Å². The molecule has 1 saturated heterocycles. The van der Waals surface area contributed by atoms with Crippen LogP contribution in [-0.4, -0.2) is 57.5 Å². The van der Waals surface area contributed by atoms with Gasteiger partial charge in [-0.2, -0.15) is 18.3 Å². The van der Waals surface area contributed by atoms with Crippen LogP contribution in [0.5, 0.6) is 0 Å². The predicted molar refractivity (Wildman–Crippen MR) is 123 cm³/mol. The Morgan fingerprint density at radius 3 is 2.34 bits per heavy atom. The van der Waals surface area contributed by atoms with Crippen LogP contribution < -0.4 is 5.32 Å². The van der Waals surface area contributed by atoms with Gasteiger partial charge in [-0.25, -0.2) is 4.79 Å². The number of nitrogens with one attached hydrogen (secondary N) is 1. The number of halogens is 3. The average molecular weight is 493 g/mol. The van der Waals surface area contributed by atoms with Gasteiger partial charge in [0.2, 0.25) is 0 Å². The van der Waals surface area contributed by atoms with Crippen molar-refractivity contribution in [3.05, 3.63) is 53.3 Å². The van der Waals surface area contributed by atoms with Crippen molar-refractivity contribution in [2.45, 2.75) is 50.2 Å². The van der Waals surface area contributed by atoms with Crippen molar-refractivity contribution in [3.63, 3.8) is 0 Å². The molecule has 7 nitrogen and oxygen atoms in total. The summed E-state index contributed by atoms with van der Waals surface area (Å²) in [5, 5.41) is 14.6. The number of aryl methyl sites for hydroxylation is 1. The number of nitrogens with zero attached hydrogens (tertiary/aromatic N) is 3. The number of carbonyl (C=O) groups excluding carboxylic acids is 1. The van der Waals surface area contributed by atoms with E-state index in [0.717, 1.165) is 19.0 Å². The minimum Gasteiger partial charge on any atom is -0.475 e. The number of likely N-dealkylation sites (tertiary alicyclic amines) is 1. The Morgan fingerprint density at radius 2 is 1.74 bits per heavy atom. The van der Waals surface area contributed by atoms with Gasteiger partial charge in [-0.15, -0.1) is 0 Å². The summed E-state index contributed by atoms with van der Waals surface area (Å²) in [6, 6.07) is 10.6. The molecule has 1 amide bonds. The van der Waals surface area contributed by atoms with E-state index in [-0.39, 0.29) is 11.9 Å². The maximum Gasteiger partial charge on any atom is 0.490 e. The molecule has 3 atom stereocenters. The van der Waals surface area contributed by atoms with Crippen LogP contribution in [0.15, 0.2) is 36.5 Å². The number of alkyl halides is 3. The van der Waals surface area contributed by atoms with E-state index in [1.54, 1.807) is 16.9 Å². The smallest absolute Gasteiger partial charge is 0.475 e. The topological polar surface area (TPSA) is 87.5 Å². The van der Waals surface area contributed by atoms with Crippen LogP contribution in [0.3, 0.4) is 0 Å². The van der Waals surface area contributed by atoms with Crippen LogP contribution in [0.2, 0.25) is 0 Å². The van der Waals surface area contributed by atoms with E-state index in [1.807, 2.05) is 7.05 Å². The van der Waals surface area contributed by atoms with Crippen LogP contribution in [0, 0.1) is 11.8 Å². The van der Waals surface area contributed by atoms with Crippen LogP contribution in [0.25, 0.3) is 0 Å². The van der Waals surface area contributed by atoms with Gasteiger partial charge < -0.3 is 15.3 Å². The Labute approximate surface area is 202 Å². The zero-order chi connectivity index (χ0) is 25.2. The lowest BCUT2D eigenvalue weighted by atomic mass is 9.89. The monoisotopic (exact) mass is 492 g/mol. The molecule has 1 aromatic carbocycles. The van der Waals surface area contributed by atoms with Gasteiger partial charge in [-0.3, -0.25) is 9.48 Å². The minimum atomic E-state index is -5.08. The number of carboxylic acid groups (broad SMARTS) is 1. The van der Waals surface area contributed by atoms with Gasteiger partial charge in [0.1, 0.15) is 5.69 Å². The molecule has 5 rings (SSSR count). The van der Waals surface area contributed by atoms with E-state index >= 15 is 0 Å². The minimum absolute atomic E-state index is 0.0221. The number of benzene rings is 1. The Bertz CT molecular complexity index is 1050. The lowest BCUT2D eigenvalue weighted by Crippen LogP contribution is -2.35. The summed E-state index contributed by atoms with van der Waals surface area (Å²) in [6.07, 6.45) is 3.60. The summed E-state index contributed by atoms with van der Waals surface area (Å²) in [7, 11) is 1.82. The molecule has 2 aliphatic carbocycles. The van der Waals surface area contributed by atoms with E-state index in [0.29, 0.717) is 17.5 Å². The molecule has 190 valence electrons. The highest BCUT2D eigenvalue weighted by molar-refractivity contribution is 5.92. The molecule has 0 bridgehead atoms. The number of carboxylic acids is 1. The number of aromatic nitrogens is 2. The Hall–Kier alpha value is -2.88.